The van der Waals surface area contributed by atoms with Gasteiger partial charge in [-0.15, -0.1) is 0 Å². The second-order valence-electron chi connectivity index (χ2n) is 2.85. The predicted octanol–water partition coefficient (Wildman–Crippen LogP) is -0.230. The first kappa shape index (κ1) is 14.1. The van der Waals surface area contributed by atoms with E-state index in [0.717, 1.165) is 7.11 Å². The van der Waals surface area contributed by atoms with Gasteiger partial charge in [-0.1, -0.05) is 0 Å². The smallest absolute Gasteiger partial charge is 0.269 e. The molecule has 0 spiro atoms. The van der Waals surface area contributed by atoms with Gasteiger partial charge in [0.2, 0.25) is 0 Å². The van der Waals surface area contributed by atoms with Crippen LogP contribution >= 0.6 is 0 Å². The summed E-state index contributed by atoms with van der Waals surface area (Å²) in [5.41, 5.74) is 1.90. The lowest BCUT2D eigenvalue weighted by Crippen LogP contribution is -2.27. The van der Waals surface area contributed by atoms with E-state index >= 15 is 0 Å². The van der Waals surface area contributed by atoms with Crippen molar-refractivity contribution in [1.29, 1.82) is 0 Å². The van der Waals surface area contributed by atoms with Crippen LogP contribution in [0.2, 0.25) is 0 Å². The molecule has 0 saturated heterocycles. The summed E-state index contributed by atoms with van der Waals surface area (Å²) in [5.74, 6) is -0.341. The minimum Gasteiger partial charge on any atom is -0.570 e. The lowest BCUT2D eigenvalue weighted by molar-refractivity contribution is -0.646. The van der Waals surface area contributed by atoms with Crippen molar-refractivity contribution >= 4 is 10.1 Å². The summed E-state index contributed by atoms with van der Waals surface area (Å²) < 4.78 is 25.7. The highest BCUT2D eigenvalue weighted by molar-refractivity contribution is 7.86. The van der Waals surface area contributed by atoms with Crippen LogP contribution in [0.1, 0.15) is 13.8 Å². The number of hydrazine groups is 1. The molecule has 0 aliphatic rings. The maximum atomic E-state index is 10.8. The molecule has 0 saturated carbocycles. The lowest BCUT2D eigenvalue weighted by Gasteiger charge is -2.04. The van der Waals surface area contributed by atoms with E-state index in [1.165, 1.54) is 0 Å². The van der Waals surface area contributed by atoms with Crippen molar-refractivity contribution in [2.45, 2.75) is 19.9 Å². The molecular weight excluding hydrogens is 226 g/mol. The number of hydrogen-bond acceptors (Lipinski definition) is 6. The highest BCUT2D eigenvalue weighted by Crippen LogP contribution is 1.89. The molecular formula is C6H15N3O5S. The van der Waals surface area contributed by atoms with Gasteiger partial charge in [-0.3, -0.25) is 4.18 Å². The molecule has 0 bridgehead atoms. The molecule has 0 aromatic rings. The molecule has 0 aromatic heterocycles. The number of nitrogens with one attached hydrogen (secondary N) is 1. The van der Waals surface area contributed by atoms with Crippen LogP contribution in [0.4, 0.5) is 0 Å². The Labute approximate surface area is 88.5 Å². The van der Waals surface area contributed by atoms with E-state index in [-0.39, 0.29) is 23.4 Å². The Balaban J connectivity index is 3.73. The lowest BCUT2D eigenvalue weighted by atomic mass is 10.4. The molecule has 0 unspecified atom stereocenters. The fourth-order valence-corrected chi connectivity index (χ4v) is 1.02. The fourth-order valence-electron chi connectivity index (χ4n) is 0.561. The number of hydrogen-bond donors (Lipinski definition) is 1. The summed E-state index contributed by atoms with van der Waals surface area (Å²) in [7, 11) is -2.50. The average molecular weight is 241 g/mol. The minimum atomic E-state index is -3.56. The molecule has 8 nitrogen and oxygen atoms in total. The standard InChI is InChI=1S/C6H15N3O5S/c1-6(2)7-9(10)8-14-4-5-15(11,12)13-3/h6H,4-5H2,1-3H3,(H,7,8). The maximum Gasteiger partial charge on any atom is 0.269 e. The number of rotatable bonds is 7. The van der Waals surface area contributed by atoms with E-state index in [4.69, 9.17) is 0 Å². The molecule has 1 N–H and O–H groups in total. The Morgan fingerprint density at radius 2 is 2.13 bits per heavy atom. The third kappa shape index (κ3) is 8.09. The highest BCUT2D eigenvalue weighted by Gasteiger charge is 2.08. The van der Waals surface area contributed by atoms with Gasteiger partial charge in [0.1, 0.15) is 11.8 Å². The van der Waals surface area contributed by atoms with Gasteiger partial charge >= 0.3 is 0 Å². The predicted molar refractivity (Wildman–Crippen MR) is 51.1 cm³/mol. The molecule has 15 heavy (non-hydrogen) atoms. The molecule has 0 heterocycles. The second-order valence-corrected chi connectivity index (χ2v) is 4.71. The average Bonchev–Trinajstić information content (AvgIpc) is 2.11. The van der Waals surface area contributed by atoms with E-state index in [0.29, 0.717) is 0 Å². The summed E-state index contributed by atoms with van der Waals surface area (Å²) in [4.78, 5) is 4.67. The first-order chi connectivity index (χ1) is 6.87. The van der Waals surface area contributed by atoms with Gasteiger partial charge in [0, 0.05) is 5.11 Å². The molecule has 0 rings (SSSR count). The van der Waals surface area contributed by atoms with Gasteiger partial charge in [-0.2, -0.15) is 8.42 Å². The number of nitrogens with zero attached hydrogens (tertiary/aromatic N) is 2. The van der Waals surface area contributed by atoms with Crippen LogP contribution in [-0.4, -0.2) is 38.9 Å². The molecule has 0 aliphatic heterocycles. The van der Waals surface area contributed by atoms with Crippen LogP contribution < -0.4 is 5.59 Å². The summed E-state index contributed by atoms with van der Waals surface area (Å²) in [6.07, 6.45) is 0. The Kier molecular flexibility index (Phi) is 6.13. The normalized spacial score (nSPS) is 13.2. The van der Waals surface area contributed by atoms with E-state index in [1.807, 2.05) is 5.59 Å². The second kappa shape index (κ2) is 6.53. The fraction of sp³-hybridized carbons (Fsp3) is 1.00. The molecule has 0 atom stereocenters. The molecule has 9 heteroatoms. The molecule has 0 aliphatic carbocycles. The van der Waals surface area contributed by atoms with Crippen molar-refractivity contribution in [3.63, 3.8) is 0 Å². The van der Waals surface area contributed by atoms with Gasteiger partial charge < -0.3 is 5.21 Å². The van der Waals surface area contributed by atoms with E-state index in [1.54, 1.807) is 13.8 Å². The summed E-state index contributed by atoms with van der Waals surface area (Å²) in [5, 5.41) is 14.3. The van der Waals surface area contributed by atoms with Gasteiger partial charge in [0.05, 0.1) is 18.7 Å². The van der Waals surface area contributed by atoms with Crippen LogP contribution in [0, 0.1) is 5.21 Å². The minimum absolute atomic E-state index is 0.129. The summed E-state index contributed by atoms with van der Waals surface area (Å²) >= 11 is 0. The Hall–Kier alpha value is -0.930. The topological polar surface area (TPSA) is 103 Å². The quantitative estimate of drug-likeness (QED) is 0.217. The van der Waals surface area contributed by atoms with Crippen LogP contribution in [-0.2, 0) is 19.1 Å². The first-order valence-corrected chi connectivity index (χ1v) is 5.79. The van der Waals surface area contributed by atoms with Crippen LogP contribution in [0.3, 0.4) is 0 Å². The third-order valence-electron chi connectivity index (χ3n) is 1.17. The van der Waals surface area contributed by atoms with Crippen molar-refractivity contribution in [3.05, 3.63) is 5.21 Å². The van der Waals surface area contributed by atoms with E-state index in [9.17, 15) is 13.6 Å². The zero-order valence-electron chi connectivity index (χ0n) is 8.84. The summed E-state index contributed by atoms with van der Waals surface area (Å²) in [6.45, 7) is 3.21. The Morgan fingerprint density at radius 1 is 1.53 bits per heavy atom. The van der Waals surface area contributed by atoms with Crippen molar-refractivity contribution in [2.75, 3.05) is 19.5 Å². The van der Waals surface area contributed by atoms with Crippen molar-refractivity contribution in [1.82, 2.24) is 5.59 Å². The summed E-state index contributed by atoms with van der Waals surface area (Å²) in [6, 6.07) is -0.179. The molecule has 0 amide bonds. The molecule has 0 aromatic carbocycles. The maximum absolute atomic E-state index is 10.8. The SMILES string of the molecule is COS(=O)(=O)CCON[N+]([O-])=NC(C)C. The third-order valence-corrected chi connectivity index (χ3v) is 2.34. The van der Waals surface area contributed by atoms with Crippen molar-refractivity contribution in [3.8, 4) is 0 Å². The van der Waals surface area contributed by atoms with Crippen molar-refractivity contribution in [2.24, 2.45) is 5.11 Å². The van der Waals surface area contributed by atoms with Crippen molar-refractivity contribution < 1.29 is 22.4 Å². The van der Waals surface area contributed by atoms with Gasteiger partial charge in [-0.25, -0.2) is 4.84 Å². The van der Waals surface area contributed by atoms with E-state index in [2.05, 4.69) is 14.1 Å². The highest BCUT2D eigenvalue weighted by atomic mass is 32.2. The molecule has 90 valence electrons. The van der Waals surface area contributed by atoms with Gasteiger partial charge in [-0.05, 0) is 19.4 Å². The Morgan fingerprint density at radius 3 is 2.60 bits per heavy atom. The molecule has 0 radical (unpaired) electrons. The van der Waals surface area contributed by atoms with Crippen LogP contribution in [0.5, 0.6) is 0 Å². The van der Waals surface area contributed by atoms with Gasteiger partial charge in [0.25, 0.3) is 10.1 Å². The molecule has 0 fully saturated rings. The van der Waals surface area contributed by atoms with Gasteiger partial charge in [0.15, 0.2) is 0 Å². The van der Waals surface area contributed by atoms with Crippen LogP contribution in [0.15, 0.2) is 5.11 Å². The van der Waals surface area contributed by atoms with Crippen LogP contribution in [0.25, 0.3) is 0 Å². The zero-order valence-corrected chi connectivity index (χ0v) is 9.65. The Bertz CT molecular complexity index is 300. The zero-order chi connectivity index (χ0) is 11.9. The van der Waals surface area contributed by atoms with E-state index < -0.39 is 10.1 Å². The first-order valence-electron chi connectivity index (χ1n) is 4.21. The monoisotopic (exact) mass is 241 g/mol. The largest absolute Gasteiger partial charge is 0.570 e.